The zero-order chi connectivity index (χ0) is 19.2. The first-order chi connectivity index (χ1) is 12.1. The second kappa shape index (κ2) is 6.32. The third-order valence-electron chi connectivity index (χ3n) is 4.03. The molecule has 1 aliphatic rings. The molecule has 3 unspecified atom stereocenters. The van der Waals surface area contributed by atoms with Gasteiger partial charge in [-0.15, -0.1) is 0 Å². The fraction of sp³-hybridized carbons (Fsp3) is 0.235. The van der Waals surface area contributed by atoms with E-state index in [9.17, 15) is 27.4 Å². The number of alkyl halides is 1. The summed E-state index contributed by atoms with van der Waals surface area (Å²) in [5, 5.41) is 29.0. The van der Waals surface area contributed by atoms with E-state index in [-0.39, 0.29) is 33.1 Å². The molecule has 1 aliphatic carbocycles. The van der Waals surface area contributed by atoms with Crippen LogP contribution in [0.4, 0.5) is 8.78 Å². The summed E-state index contributed by atoms with van der Waals surface area (Å²) < 4.78 is 56.9. The van der Waals surface area contributed by atoms with Crippen LogP contribution in [0.3, 0.4) is 0 Å². The van der Waals surface area contributed by atoms with E-state index in [0.717, 1.165) is 24.5 Å². The van der Waals surface area contributed by atoms with Gasteiger partial charge < -0.3 is 14.9 Å². The van der Waals surface area contributed by atoms with E-state index < -0.39 is 34.0 Å². The molecule has 0 radical (unpaired) electrons. The molecule has 0 bridgehead atoms. The molecule has 0 saturated carbocycles. The number of hydrogen-bond donors (Lipinski definition) is 2. The molecule has 0 spiro atoms. The molecule has 3 rings (SSSR count). The van der Waals surface area contributed by atoms with Crippen molar-refractivity contribution in [3.8, 4) is 17.6 Å². The van der Waals surface area contributed by atoms with Crippen LogP contribution >= 0.6 is 0 Å². The fourth-order valence-corrected chi connectivity index (χ4v) is 3.87. The number of halogens is 2. The first-order valence-electron chi connectivity index (χ1n) is 7.39. The molecule has 0 aliphatic heterocycles. The molecule has 26 heavy (non-hydrogen) atoms. The number of nitriles is 1. The van der Waals surface area contributed by atoms with Crippen molar-refractivity contribution in [2.45, 2.75) is 23.3 Å². The third kappa shape index (κ3) is 3.03. The summed E-state index contributed by atoms with van der Waals surface area (Å²) in [6.07, 6.45) is -4.92. The van der Waals surface area contributed by atoms with Gasteiger partial charge in [0.2, 0.25) is 0 Å². The average Bonchev–Trinajstić information content (AvgIpc) is 2.79. The summed E-state index contributed by atoms with van der Waals surface area (Å²) >= 11 is 0. The maximum absolute atomic E-state index is 14.1. The van der Waals surface area contributed by atoms with E-state index in [2.05, 4.69) is 0 Å². The Hall–Kier alpha value is -2.54. The van der Waals surface area contributed by atoms with Crippen LogP contribution < -0.4 is 4.74 Å². The summed E-state index contributed by atoms with van der Waals surface area (Å²) in [7, 11) is -3.81. The predicted octanol–water partition coefficient (Wildman–Crippen LogP) is 2.31. The summed E-state index contributed by atoms with van der Waals surface area (Å²) in [4.78, 5) is -0.330. The second-order valence-electron chi connectivity index (χ2n) is 5.88. The van der Waals surface area contributed by atoms with Gasteiger partial charge in [0.05, 0.1) is 16.5 Å². The van der Waals surface area contributed by atoms with Gasteiger partial charge in [-0.2, -0.15) is 5.26 Å². The van der Waals surface area contributed by atoms with Gasteiger partial charge in [0.15, 0.2) is 16.0 Å². The van der Waals surface area contributed by atoms with Crippen molar-refractivity contribution < 1.29 is 32.1 Å². The van der Waals surface area contributed by atoms with Crippen LogP contribution in [0.5, 0.6) is 11.5 Å². The predicted molar refractivity (Wildman–Crippen MR) is 85.6 cm³/mol. The summed E-state index contributed by atoms with van der Waals surface area (Å²) in [6.45, 7) is 0. The van der Waals surface area contributed by atoms with Gasteiger partial charge in [-0.25, -0.2) is 17.2 Å². The van der Waals surface area contributed by atoms with Crippen molar-refractivity contribution in [1.82, 2.24) is 0 Å². The lowest BCUT2D eigenvalue weighted by Crippen LogP contribution is -2.13. The maximum Gasteiger partial charge on any atom is 0.175 e. The van der Waals surface area contributed by atoms with Gasteiger partial charge in [0, 0.05) is 23.4 Å². The molecule has 9 heteroatoms. The van der Waals surface area contributed by atoms with Crippen molar-refractivity contribution in [3.05, 3.63) is 52.8 Å². The largest absolute Gasteiger partial charge is 0.457 e. The van der Waals surface area contributed by atoms with Gasteiger partial charge >= 0.3 is 0 Å². The third-order valence-corrected chi connectivity index (χ3v) is 5.18. The highest BCUT2D eigenvalue weighted by molar-refractivity contribution is 7.90. The zero-order valence-corrected chi connectivity index (χ0v) is 14.2. The van der Waals surface area contributed by atoms with Gasteiger partial charge in [-0.1, -0.05) is 0 Å². The minimum absolute atomic E-state index is 0.0200. The van der Waals surface area contributed by atoms with Crippen LogP contribution in [-0.4, -0.2) is 31.1 Å². The topological polar surface area (TPSA) is 108 Å². The molecule has 0 fully saturated rings. The number of fused-ring (bicyclic) bond motifs is 1. The molecule has 0 saturated heterocycles. The Bertz CT molecular complexity index is 1030. The Balaban J connectivity index is 2.17. The molecule has 6 nitrogen and oxygen atoms in total. The van der Waals surface area contributed by atoms with Crippen molar-refractivity contribution in [3.63, 3.8) is 0 Å². The van der Waals surface area contributed by atoms with Crippen LogP contribution in [0.2, 0.25) is 0 Å². The van der Waals surface area contributed by atoms with E-state index in [1.54, 1.807) is 6.07 Å². The van der Waals surface area contributed by atoms with E-state index in [4.69, 9.17) is 10.00 Å². The smallest absolute Gasteiger partial charge is 0.175 e. The van der Waals surface area contributed by atoms with E-state index >= 15 is 0 Å². The molecule has 2 aromatic rings. The standard InChI is InChI=1S/C17H13F2NO5S/c1-26(23,24)12-3-2-11(13-14(12)17(22)15(19)16(13)21)25-10-5-8(7-20)4-9(18)6-10/h2-6,15-17,21-22H,1H3. The summed E-state index contributed by atoms with van der Waals surface area (Å²) in [6, 6.07) is 7.23. The Kier molecular flexibility index (Phi) is 4.44. The Morgan fingerprint density at radius 3 is 2.42 bits per heavy atom. The van der Waals surface area contributed by atoms with Gasteiger partial charge in [-0.05, 0) is 24.3 Å². The monoisotopic (exact) mass is 381 g/mol. The Morgan fingerprint density at radius 1 is 1.15 bits per heavy atom. The molecule has 2 aromatic carbocycles. The normalized spacial score (nSPS) is 21.9. The average molecular weight is 381 g/mol. The minimum Gasteiger partial charge on any atom is -0.457 e. The molecule has 136 valence electrons. The first-order valence-corrected chi connectivity index (χ1v) is 9.28. The van der Waals surface area contributed by atoms with Gasteiger partial charge in [0.25, 0.3) is 0 Å². The molecular formula is C17H13F2NO5S. The number of hydrogen-bond acceptors (Lipinski definition) is 6. The molecular weight excluding hydrogens is 368 g/mol. The number of aliphatic hydroxyl groups excluding tert-OH is 2. The van der Waals surface area contributed by atoms with Crippen molar-refractivity contribution >= 4 is 9.84 Å². The Labute approximate surface area is 147 Å². The SMILES string of the molecule is CS(=O)(=O)c1ccc(Oc2cc(F)cc(C#N)c2)c2c1C(O)C(F)C2O. The van der Waals surface area contributed by atoms with Gasteiger partial charge in [-0.3, -0.25) is 0 Å². The molecule has 3 atom stereocenters. The number of nitrogens with zero attached hydrogens (tertiary/aromatic N) is 1. The number of rotatable bonds is 3. The van der Waals surface area contributed by atoms with E-state index in [1.165, 1.54) is 12.1 Å². The van der Waals surface area contributed by atoms with Crippen molar-refractivity contribution in [2.75, 3.05) is 6.26 Å². The highest BCUT2D eigenvalue weighted by atomic mass is 32.2. The quantitative estimate of drug-likeness (QED) is 0.845. The number of benzene rings is 2. The minimum atomic E-state index is -3.81. The van der Waals surface area contributed by atoms with Crippen molar-refractivity contribution in [1.29, 1.82) is 5.26 Å². The van der Waals surface area contributed by atoms with Crippen LogP contribution in [-0.2, 0) is 9.84 Å². The van der Waals surface area contributed by atoms with Crippen molar-refractivity contribution in [2.24, 2.45) is 0 Å². The van der Waals surface area contributed by atoms with Crippen LogP contribution in [0.15, 0.2) is 35.2 Å². The second-order valence-corrected chi connectivity index (χ2v) is 7.87. The van der Waals surface area contributed by atoms with E-state index in [0.29, 0.717) is 0 Å². The molecule has 0 aromatic heterocycles. The first kappa shape index (κ1) is 18.3. The lowest BCUT2D eigenvalue weighted by Gasteiger charge is -2.15. The molecule has 0 heterocycles. The summed E-state index contributed by atoms with van der Waals surface area (Å²) in [5.41, 5.74) is -0.536. The van der Waals surface area contributed by atoms with E-state index in [1.807, 2.05) is 0 Å². The van der Waals surface area contributed by atoms with Gasteiger partial charge in [0.1, 0.15) is 29.5 Å². The van der Waals surface area contributed by atoms with Crippen LogP contribution in [0.1, 0.15) is 28.9 Å². The number of ether oxygens (including phenoxy) is 1. The fourth-order valence-electron chi connectivity index (χ4n) is 2.92. The lowest BCUT2D eigenvalue weighted by atomic mass is 10.1. The maximum atomic E-state index is 14.1. The highest BCUT2D eigenvalue weighted by Gasteiger charge is 2.44. The number of sulfone groups is 1. The zero-order valence-electron chi connectivity index (χ0n) is 13.3. The summed E-state index contributed by atoms with van der Waals surface area (Å²) in [5.74, 6) is -0.985. The Morgan fingerprint density at radius 2 is 1.81 bits per heavy atom. The van der Waals surface area contributed by atoms with Crippen LogP contribution in [0.25, 0.3) is 0 Å². The number of aliphatic hydroxyl groups is 2. The lowest BCUT2D eigenvalue weighted by molar-refractivity contribution is 0.00836. The molecule has 0 amide bonds. The molecule has 2 N–H and O–H groups in total. The highest BCUT2D eigenvalue weighted by Crippen LogP contribution is 2.49. The van der Waals surface area contributed by atoms with Crippen LogP contribution in [0, 0.1) is 17.1 Å².